The Bertz CT molecular complexity index is 1260. The van der Waals surface area contributed by atoms with Crippen molar-refractivity contribution in [3.8, 4) is 22.9 Å². The molecule has 0 amide bonds. The Balaban J connectivity index is 1.53. The average Bonchev–Trinajstić information content (AvgIpc) is 2.92. The van der Waals surface area contributed by atoms with Gasteiger partial charge in [0.2, 0.25) is 0 Å². The van der Waals surface area contributed by atoms with Gasteiger partial charge in [-0.05, 0) is 23.8 Å². The number of morpholine rings is 1. The van der Waals surface area contributed by atoms with Gasteiger partial charge in [-0.2, -0.15) is 0 Å². The van der Waals surface area contributed by atoms with Gasteiger partial charge < -0.3 is 24.4 Å². The van der Waals surface area contributed by atoms with Gasteiger partial charge in [-0.3, -0.25) is 0 Å². The van der Waals surface area contributed by atoms with Gasteiger partial charge in [0, 0.05) is 42.8 Å². The van der Waals surface area contributed by atoms with Crippen molar-refractivity contribution >= 4 is 22.5 Å². The number of rotatable bonds is 7. The summed E-state index contributed by atoms with van der Waals surface area (Å²) in [4.78, 5) is 16.6. The molecule has 2 aromatic carbocycles. The fourth-order valence-corrected chi connectivity index (χ4v) is 4.00. The summed E-state index contributed by atoms with van der Waals surface area (Å²) in [5.74, 6) is 3.50. The van der Waals surface area contributed by atoms with Crippen molar-refractivity contribution in [2.24, 2.45) is 0 Å². The zero-order valence-electron chi connectivity index (χ0n) is 19.3. The molecule has 8 heteroatoms. The highest BCUT2D eigenvalue weighted by molar-refractivity contribution is 5.93. The van der Waals surface area contributed by atoms with Gasteiger partial charge in [0.15, 0.2) is 17.3 Å². The van der Waals surface area contributed by atoms with Crippen LogP contribution >= 0.6 is 0 Å². The monoisotopic (exact) mass is 457 g/mol. The van der Waals surface area contributed by atoms with Crippen molar-refractivity contribution < 1.29 is 14.2 Å². The standard InChI is InChI=1S/C26H27N5O3/c1-32-22-14-20-21(15-23(22)33-2)29-25(30-26(20)28-16-18-6-4-3-5-7-18)19-8-9-24(27-17-19)31-10-12-34-13-11-31/h3-9,14-15,17H,10-13,16H2,1-2H3,(H,28,29,30). The summed E-state index contributed by atoms with van der Waals surface area (Å²) in [6, 6.07) is 18.0. The molecule has 5 rings (SSSR count). The minimum atomic E-state index is 0.594. The van der Waals surface area contributed by atoms with Crippen LogP contribution in [0.2, 0.25) is 0 Å². The molecule has 8 nitrogen and oxygen atoms in total. The Kier molecular flexibility index (Phi) is 6.40. The summed E-state index contributed by atoms with van der Waals surface area (Å²) in [6.07, 6.45) is 1.83. The average molecular weight is 458 g/mol. The van der Waals surface area contributed by atoms with Crippen LogP contribution in [-0.2, 0) is 11.3 Å². The van der Waals surface area contributed by atoms with Crippen LogP contribution in [0, 0.1) is 0 Å². The number of hydrogen-bond acceptors (Lipinski definition) is 8. The minimum Gasteiger partial charge on any atom is -0.493 e. The lowest BCUT2D eigenvalue weighted by Gasteiger charge is -2.27. The number of ether oxygens (including phenoxy) is 3. The van der Waals surface area contributed by atoms with Gasteiger partial charge in [-0.25, -0.2) is 15.0 Å². The maximum Gasteiger partial charge on any atom is 0.163 e. The number of benzene rings is 2. The van der Waals surface area contributed by atoms with Gasteiger partial charge in [0.05, 0.1) is 33.0 Å². The first-order valence-corrected chi connectivity index (χ1v) is 11.3. The predicted octanol–water partition coefficient (Wildman–Crippen LogP) is 4.16. The zero-order valence-corrected chi connectivity index (χ0v) is 19.3. The van der Waals surface area contributed by atoms with Crippen molar-refractivity contribution in [3.63, 3.8) is 0 Å². The molecule has 2 aromatic heterocycles. The van der Waals surface area contributed by atoms with Crippen LogP contribution in [0.25, 0.3) is 22.3 Å². The Morgan fingerprint density at radius 3 is 2.41 bits per heavy atom. The lowest BCUT2D eigenvalue weighted by molar-refractivity contribution is 0.122. The number of nitrogens with one attached hydrogen (secondary N) is 1. The first-order chi connectivity index (χ1) is 16.7. The fourth-order valence-electron chi connectivity index (χ4n) is 4.00. The minimum absolute atomic E-state index is 0.594. The lowest BCUT2D eigenvalue weighted by Crippen LogP contribution is -2.36. The van der Waals surface area contributed by atoms with Crippen LogP contribution < -0.4 is 19.7 Å². The van der Waals surface area contributed by atoms with Crippen LogP contribution in [0.1, 0.15) is 5.56 Å². The summed E-state index contributed by atoms with van der Waals surface area (Å²) in [5, 5.41) is 4.33. The summed E-state index contributed by atoms with van der Waals surface area (Å²) in [7, 11) is 3.24. The van der Waals surface area contributed by atoms with Gasteiger partial charge in [-0.15, -0.1) is 0 Å². The van der Waals surface area contributed by atoms with E-state index in [-0.39, 0.29) is 0 Å². The van der Waals surface area contributed by atoms with Gasteiger partial charge in [-0.1, -0.05) is 30.3 Å². The van der Waals surface area contributed by atoms with Crippen LogP contribution in [0.5, 0.6) is 11.5 Å². The highest BCUT2D eigenvalue weighted by Gasteiger charge is 2.16. The molecule has 4 aromatic rings. The molecule has 0 atom stereocenters. The van der Waals surface area contributed by atoms with Crippen molar-refractivity contribution in [2.45, 2.75) is 6.54 Å². The van der Waals surface area contributed by atoms with Crippen LogP contribution in [0.3, 0.4) is 0 Å². The highest BCUT2D eigenvalue weighted by Crippen LogP contribution is 2.35. The summed E-state index contributed by atoms with van der Waals surface area (Å²) < 4.78 is 16.5. The molecule has 174 valence electrons. The molecule has 0 unspecified atom stereocenters. The van der Waals surface area contributed by atoms with E-state index in [4.69, 9.17) is 24.2 Å². The summed E-state index contributed by atoms with van der Waals surface area (Å²) in [6.45, 7) is 3.76. The molecule has 3 heterocycles. The molecule has 1 aliphatic rings. The molecule has 1 saturated heterocycles. The lowest BCUT2D eigenvalue weighted by atomic mass is 10.1. The van der Waals surface area contributed by atoms with Gasteiger partial charge in [0.1, 0.15) is 11.6 Å². The number of anilines is 2. The van der Waals surface area contributed by atoms with Gasteiger partial charge >= 0.3 is 0 Å². The van der Waals surface area contributed by atoms with E-state index in [0.717, 1.165) is 60.0 Å². The molecule has 0 spiro atoms. The van der Waals surface area contributed by atoms with Crippen molar-refractivity contribution in [2.75, 3.05) is 50.7 Å². The van der Waals surface area contributed by atoms with Crippen molar-refractivity contribution in [3.05, 3.63) is 66.4 Å². The molecular weight excluding hydrogens is 430 g/mol. The van der Waals surface area contributed by atoms with E-state index in [2.05, 4.69) is 27.3 Å². The maximum atomic E-state index is 5.52. The number of fused-ring (bicyclic) bond motifs is 1. The van der Waals surface area contributed by atoms with Crippen molar-refractivity contribution in [1.82, 2.24) is 15.0 Å². The number of nitrogens with zero attached hydrogens (tertiary/aromatic N) is 4. The summed E-state index contributed by atoms with van der Waals surface area (Å²) >= 11 is 0. The normalized spacial score (nSPS) is 13.6. The Hall–Kier alpha value is -3.91. The Morgan fingerprint density at radius 1 is 0.941 bits per heavy atom. The van der Waals surface area contributed by atoms with Crippen LogP contribution in [0.4, 0.5) is 11.6 Å². The fraction of sp³-hybridized carbons (Fsp3) is 0.269. The molecule has 0 bridgehead atoms. The second-order valence-corrected chi connectivity index (χ2v) is 7.96. The summed E-state index contributed by atoms with van der Waals surface area (Å²) in [5.41, 5.74) is 2.76. The first-order valence-electron chi connectivity index (χ1n) is 11.3. The molecular formula is C26H27N5O3. The van der Waals surface area contributed by atoms with Crippen LogP contribution in [-0.4, -0.2) is 55.5 Å². The van der Waals surface area contributed by atoms with E-state index in [1.165, 1.54) is 0 Å². The predicted molar refractivity (Wildman–Crippen MR) is 133 cm³/mol. The third-order valence-corrected chi connectivity index (χ3v) is 5.84. The smallest absolute Gasteiger partial charge is 0.163 e. The number of methoxy groups -OCH3 is 2. The second-order valence-electron chi connectivity index (χ2n) is 7.96. The quantitative estimate of drug-likeness (QED) is 0.443. The van der Waals surface area contributed by atoms with Crippen molar-refractivity contribution in [1.29, 1.82) is 0 Å². The number of aromatic nitrogens is 3. The first kappa shape index (κ1) is 21.9. The molecule has 0 aliphatic carbocycles. The number of pyridine rings is 1. The van der Waals surface area contributed by atoms with E-state index in [9.17, 15) is 0 Å². The maximum absolute atomic E-state index is 5.52. The van der Waals surface area contributed by atoms with E-state index in [1.54, 1.807) is 14.2 Å². The largest absolute Gasteiger partial charge is 0.493 e. The molecule has 0 saturated carbocycles. The Labute approximate surface area is 198 Å². The second kappa shape index (κ2) is 9.93. The highest BCUT2D eigenvalue weighted by atomic mass is 16.5. The van der Waals surface area contributed by atoms with E-state index in [1.807, 2.05) is 48.7 Å². The van der Waals surface area contributed by atoms with Crippen LogP contribution in [0.15, 0.2) is 60.8 Å². The Morgan fingerprint density at radius 2 is 1.71 bits per heavy atom. The third-order valence-electron chi connectivity index (χ3n) is 5.84. The van der Waals surface area contributed by atoms with E-state index >= 15 is 0 Å². The molecule has 1 aliphatic heterocycles. The molecule has 1 N–H and O–H groups in total. The third kappa shape index (κ3) is 4.58. The number of hydrogen-bond donors (Lipinski definition) is 1. The zero-order chi connectivity index (χ0) is 23.3. The topological polar surface area (TPSA) is 81.6 Å². The molecule has 34 heavy (non-hydrogen) atoms. The van der Waals surface area contributed by atoms with Gasteiger partial charge in [0.25, 0.3) is 0 Å². The van der Waals surface area contributed by atoms with E-state index < -0.39 is 0 Å². The van der Waals surface area contributed by atoms with E-state index in [0.29, 0.717) is 23.9 Å². The molecule has 0 radical (unpaired) electrons. The SMILES string of the molecule is COc1cc2nc(-c3ccc(N4CCOCC4)nc3)nc(NCc3ccccc3)c2cc1OC. The molecule has 1 fully saturated rings.